The topological polar surface area (TPSA) is 44.7 Å². The van der Waals surface area contributed by atoms with Gasteiger partial charge in [0.15, 0.2) is 0 Å². The molecule has 0 aromatic heterocycles. The average molecular weight is 115 g/mol. The second-order valence-corrected chi connectivity index (χ2v) is 1.22. The second kappa shape index (κ2) is 3.01. The molecule has 0 unspecified atom stereocenters. The SMILES string of the molecule is C=NN(C)C(=O)NC. The molecule has 0 bridgehead atoms. The van der Waals surface area contributed by atoms with Gasteiger partial charge in [0.05, 0.1) is 0 Å². The van der Waals surface area contributed by atoms with Crippen molar-refractivity contribution >= 4 is 12.7 Å². The van der Waals surface area contributed by atoms with E-state index in [4.69, 9.17) is 0 Å². The third-order valence-electron chi connectivity index (χ3n) is 0.720. The second-order valence-electron chi connectivity index (χ2n) is 1.22. The van der Waals surface area contributed by atoms with Crippen molar-refractivity contribution in [3.63, 3.8) is 0 Å². The van der Waals surface area contributed by atoms with Gasteiger partial charge in [-0.15, -0.1) is 0 Å². The van der Waals surface area contributed by atoms with Crippen LogP contribution in [0.4, 0.5) is 4.79 Å². The van der Waals surface area contributed by atoms with E-state index >= 15 is 0 Å². The van der Waals surface area contributed by atoms with E-state index in [0.717, 1.165) is 5.01 Å². The summed E-state index contributed by atoms with van der Waals surface area (Å²) in [5, 5.41) is 6.81. The number of hydrogen-bond acceptors (Lipinski definition) is 2. The van der Waals surface area contributed by atoms with E-state index in [2.05, 4.69) is 17.1 Å². The summed E-state index contributed by atoms with van der Waals surface area (Å²) in [7, 11) is 3.05. The summed E-state index contributed by atoms with van der Waals surface area (Å²) >= 11 is 0. The standard InChI is InChI=1S/C4H9N3O/c1-5-4(8)7(3)6-2/h2H2,1,3H3,(H,5,8). The van der Waals surface area contributed by atoms with Gasteiger partial charge in [-0.25, -0.2) is 9.80 Å². The third-order valence-corrected chi connectivity index (χ3v) is 0.720. The van der Waals surface area contributed by atoms with E-state index in [1.807, 2.05) is 0 Å². The van der Waals surface area contributed by atoms with Crippen LogP contribution in [-0.4, -0.2) is 31.9 Å². The molecule has 0 heterocycles. The Morgan fingerprint density at radius 1 is 1.88 bits per heavy atom. The Kier molecular flexibility index (Phi) is 2.61. The predicted molar refractivity (Wildman–Crippen MR) is 31.8 cm³/mol. The van der Waals surface area contributed by atoms with Gasteiger partial charge in [0.25, 0.3) is 0 Å². The van der Waals surface area contributed by atoms with Crippen LogP contribution in [0.15, 0.2) is 5.10 Å². The van der Waals surface area contributed by atoms with E-state index < -0.39 is 0 Å². The Labute approximate surface area is 48.2 Å². The summed E-state index contributed by atoms with van der Waals surface area (Å²) in [6.45, 7) is 3.14. The minimum absolute atomic E-state index is 0.264. The van der Waals surface area contributed by atoms with Crippen LogP contribution in [0.3, 0.4) is 0 Å². The highest BCUT2D eigenvalue weighted by atomic mass is 16.2. The van der Waals surface area contributed by atoms with Crippen LogP contribution < -0.4 is 5.32 Å². The molecule has 0 fully saturated rings. The molecule has 0 spiro atoms. The van der Waals surface area contributed by atoms with Crippen LogP contribution in [0.25, 0.3) is 0 Å². The van der Waals surface area contributed by atoms with Gasteiger partial charge < -0.3 is 5.32 Å². The van der Waals surface area contributed by atoms with Gasteiger partial charge in [0.1, 0.15) is 0 Å². The Bertz CT molecular complexity index is 101. The number of amides is 2. The van der Waals surface area contributed by atoms with Crippen molar-refractivity contribution < 1.29 is 4.79 Å². The minimum Gasteiger partial charge on any atom is -0.340 e. The highest BCUT2D eigenvalue weighted by molar-refractivity contribution is 5.73. The van der Waals surface area contributed by atoms with Crippen molar-refractivity contribution in [2.75, 3.05) is 14.1 Å². The fourth-order valence-corrected chi connectivity index (χ4v) is 0.226. The molecule has 8 heavy (non-hydrogen) atoms. The molecule has 0 aliphatic carbocycles. The highest BCUT2D eigenvalue weighted by Gasteiger charge is 1.98. The number of rotatable bonds is 1. The van der Waals surface area contributed by atoms with Crippen LogP contribution in [0.5, 0.6) is 0 Å². The summed E-state index contributed by atoms with van der Waals surface area (Å²) in [6, 6.07) is -0.264. The minimum atomic E-state index is -0.264. The zero-order valence-corrected chi connectivity index (χ0v) is 5.01. The zero-order chi connectivity index (χ0) is 6.57. The maximum atomic E-state index is 10.4. The molecule has 0 aromatic carbocycles. The fraction of sp³-hybridized carbons (Fsp3) is 0.500. The average Bonchev–Trinajstić information content (AvgIpc) is 1.84. The van der Waals surface area contributed by atoms with Crippen molar-refractivity contribution in [3.8, 4) is 0 Å². The van der Waals surface area contributed by atoms with Crippen LogP contribution >= 0.6 is 0 Å². The lowest BCUT2D eigenvalue weighted by molar-refractivity contribution is 0.213. The summed E-state index contributed by atoms with van der Waals surface area (Å²) in [6.07, 6.45) is 0. The van der Waals surface area contributed by atoms with Crippen molar-refractivity contribution in [2.45, 2.75) is 0 Å². The van der Waals surface area contributed by atoms with Gasteiger partial charge in [0.2, 0.25) is 0 Å². The number of hydrazone groups is 1. The van der Waals surface area contributed by atoms with E-state index in [-0.39, 0.29) is 6.03 Å². The van der Waals surface area contributed by atoms with Gasteiger partial charge >= 0.3 is 6.03 Å². The molecule has 0 saturated heterocycles. The maximum absolute atomic E-state index is 10.4. The quantitative estimate of drug-likeness (QED) is 0.375. The number of nitrogens with one attached hydrogen (secondary N) is 1. The zero-order valence-electron chi connectivity index (χ0n) is 5.01. The number of carbonyl (C=O) groups excluding carboxylic acids is 1. The van der Waals surface area contributed by atoms with Gasteiger partial charge in [0, 0.05) is 20.8 Å². The Morgan fingerprint density at radius 3 is 2.50 bits per heavy atom. The summed E-state index contributed by atoms with van der Waals surface area (Å²) in [4.78, 5) is 10.4. The number of urea groups is 1. The van der Waals surface area contributed by atoms with Gasteiger partial charge in [-0.2, -0.15) is 5.10 Å². The summed E-state index contributed by atoms with van der Waals surface area (Å²) in [5.41, 5.74) is 0. The normalized spacial score (nSPS) is 7.75. The van der Waals surface area contributed by atoms with Gasteiger partial charge in [-0.1, -0.05) is 0 Å². The molecule has 0 rings (SSSR count). The van der Waals surface area contributed by atoms with Crippen molar-refractivity contribution in [1.29, 1.82) is 0 Å². The van der Waals surface area contributed by atoms with E-state index in [9.17, 15) is 4.79 Å². The molecule has 1 N–H and O–H groups in total. The molecule has 0 aliphatic heterocycles. The molecule has 0 radical (unpaired) electrons. The van der Waals surface area contributed by atoms with Gasteiger partial charge in [-0.05, 0) is 0 Å². The molecule has 4 nitrogen and oxygen atoms in total. The van der Waals surface area contributed by atoms with Gasteiger partial charge in [-0.3, -0.25) is 0 Å². The molecule has 2 amide bonds. The first-order valence-corrected chi connectivity index (χ1v) is 2.14. The predicted octanol–water partition coefficient (Wildman–Crippen LogP) is -0.127. The summed E-state index contributed by atoms with van der Waals surface area (Å²) in [5.74, 6) is 0. The Hall–Kier alpha value is -1.06. The number of nitrogens with zero attached hydrogens (tertiary/aromatic N) is 2. The first-order chi connectivity index (χ1) is 3.72. The Balaban J connectivity index is 3.62. The lowest BCUT2D eigenvalue weighted by Gasteiger charge is -2.06. The van der Waals surface area contributed by atoms with Crippen molar-refractivity contribution in [1.82, 2.24) is 10.3 Å². The largest absolute Gasteiger partial charge is 0.340 e. The molecule has 0 aromatic rings. The number of hydrogen-bond donors (Lipinski definition) is 1. The van der Waals surface area contributed by atoms with Crippen LogP contribution in [0.2, 0.25) is 0 Å². The molecular formula is C4H9N3O. The summed E-state index contributed by atoms with van der Waals surface area (Å²) < 4.78 is 0. The van der Waals surface area contributed by atoms with E-state index in [1.54, 1.807) is 0 Å². The monoisotopic (exact) mass is 115 g/mol. The molecule has 0 atom stereocenters. The molecule has 0 aliphatic rings. The first kappa shape index (κ1) is 6.94. The Morgan fingerprint density at radius 2 is 2.38 bits per heavy atom. The molecular weight excluding hydrogens is 106 g/mol. The van der Waals surface area contributed by atoms with Crippen LogP contribution in [0.1, 0.15) is 0 Å². The fourth-order valence-electron chi connectivity index (χ4n) is 0.226. The lowest BCUT2D eigenvalue weighted by atomic mass is 10.9. The van der Waals surface area contributed by atoms with Crippen molar-refractivity contribution in [2.24, 2.45) is 5.10 Å². The first-order valence-electron chi connectivity index (χ1n) is 2.14. The third kappa shape index (κ3) is 1.59. The number of carbonyl (C=O) groups is 1. The smallest absolute Gasteiger partial charge is 0.337 e. The molecule has 4 heteroatoms. The lowest BCUT2D eigenvalue weighted by Crippen LogP contribution is -2.30. The van der Waals surface area contributed by atoms with Crippen molar-refractivity contribution in [3.05, 3.63) is 0 Å². The highest BCUT2D eigenvalue weighted by Crippen LogP contribution is 1.78. The van der Waals surface area contributed by atoms with E-state index in [0.29, 0.717) is 0 Å². The molecule has 0 saturated carbocycles. The van der Waals surface area contributed by atoms with Crippen LogP contribution in [-0.2, 0) is 0 Å². The van der Waals surface area contributed by atoms with Crippen LogP contribution in [0, 0.1) is 0 Å². The van der Waals surface area contributed by atoms with E-state index in [1.165, 1.54) is 14.1 Å². The maximum Gasteiger partial charge on any atom is 0.337 e. The molecule has 46 valence electrons.